The van der Waals surface area contributed by atoms with E-state index in [2.05, 4.69) is 15.0 Å². The number of aromatic nitrogens is 3. The highest BCUT2D eigenvalue weighted by Gasteiger charge is 2.26. The number of carbonyl (C=O) groups is 1. The molecule has 10 heteroatoms. The lowest BCUT2D eigenvalue weighted by atomic mass is 9.99. The van der Waals surface area contributed by atoms with Crippen molar-refractivity contribution in [2.75, 3.05) is 23.7 Å². The largest absolute Gasteiger partial charge is 0.396 e. The number of anilines is 2. The summed E-state index contributed by atoms with van der Waals surface area (Å²) in [5.41, 5.74) is 19.1. The van der Waals surface area contributed by atoms with Crippen LogP contribution in [0, 0.1) is 11.6 Å². The Bertz CT molecular complexity index is 1130. The summed E-state index contributed by atoms with van der Waals surface area (Å²) in [5, 5.41) is 0. The van der Waals surface area contributed by atoms with Crippen molar-refractivity contribution >= 4 is 17.2 Å². The van der Waals surface area contributed by atoms with E-state index in [0.717, 1.165) is 24.2 Å². The summed E-state index contributed by atoms with van der Waals surface area (Å²) in [7, 11) is 0. The van der Waals surface area contributed by atoms with E-state index in [-0.39, 0.29) is 43.1 Å². The second-order valence-corrected chi connectivity index (χ2v) is 7.86. The molecule has 1 aromatic carbocycles. The van der Waals surface area contributed by atoms with Crippen LogP contribution in [0.3, 0.4) is 0 Å². The van der Waals surface area contributed by atoms with Crippen LogP contribution in [0.2, 0.25) is 0 Å². The third kappa shape index (κ3) is 5.12. The predicted molar refractivity (Wildman–Crippen MR) is 124 cm³/mol. The molecule has 1 saturated heterocycles. The molecule has 33 heavy (non-hydrogen) atoms. The van der Waals surface area contributed by atoms with Crippen LogP contribution in [0.15, 0.2) is 42.9 Å². The highest BCUT2D eigenvalue weighted by molar-refractivity contribution is 6.00. The van der Waals surface area contributed by atoms with Crippen molar-refractivity contribution in [1.82, 2.24) is 15.0 Å². The lowest BCUT2D eigenvalue weighted by Gasteiger charge is -2.37. The minimum Gasteiger partial charge on any atom is -0.396 e. The Balaban J connectivity index is 0.00000306. The third-order valence-corrected chi connectivity index (χ3v) is 5.35. The average molecular weight is 456 g/mol. The molecule has 8 nitrogen and oxygen atoms in total. The van der Waals surface area contributed by atoms with E-state index in [1.54, 1.807) is 18.5 Å². The molecule has 0 aliphatic carbocycles. The van der Waals surface area contributed by atoms with Gasteiger partial charge in [-0.1, -0.05) is 13.5 Å². The minimum atomic E-state index is -0.833. The number of Topliss-reactive ketones (excluding diaryl/α,β-unsaturated/α-hetero) is 1. The van der Waals surface area contributed by atoms with Gasteiger partial charge in [-0.3, -0.25) is 9.78 Å². The van der Waals surface area contributed by atoms with Crippen molar-refractivity contribution < 1.29 is 13.6 Å². The first-order valence-corrected chi connectivity index (χ1v) is 10.1. The van der Waals surface area contributed by atoms with Crippen molar-refractivity contribution in [2.45, 2.75) is 32.4 Å². The van der Waals surface area contributed by atoms with Gasteiger partial charge in [-0.2, -0.15) is 0 Å². The minimum absolute atomic E-state index is 0. The number of carbonyl (C=O) groups excluding carboxylic acids is 1. The topological polar surface area (TPSA) is 137 Å². The molecule has 0 unspecified atom stereocenters. The smallest absolute Gasteiger partial charge is 0.187 e. The van der Waals surface area contributed by atoms with E-state index < -0.39 is 23.0 Å². The van der Waals surface area contributed by atoms with Gasteiger partial charge in [-0.15, -0.1) is 0 Å². The van der Waals surface area contributed by atoms with E-state index in [9.17, 15) is 13.6 Å². The summed E-state index contributed by atoms with van der Waals surface area (Å²) < 4.78 is 28.3. The van der Waals surface area contributed by atoms with Gasteiger partial charge in [0.25, 0.3) is 0 Å². The molecule has 3 heterocycles. The van der Waals surface area contributed by atoms with Gasteiger partial charge in [0, 0.05) is 55.2 Å². The Morgan fingerprint density at radius 3 is 2.42 bits per heavy atom. The number of hydrogen-bond acceptors (Lipinski definition) is 8. The summed E-state index contributed by atoms with van der Waals surface area (Å²) in [6.45, 7) is 1.20. The fraction of sp³-hybridized carbons (Fsp3) is 0.304. The molecule has 2 aromatic heterocycles. The maximum atomic E-state index is 14.2. The molecule has 0 radical (unpaired) electrons. The van der Waals surface area contributed by atoms with E-state index in [1.165, 1.54) is 12.3 Å². The van der Waals surface area contributed by atoms with Gasteiger partial charge in [0.2, 0.25) is 0 Å². The number of hydrogen-bond donors (Lipinski definition) is 3. The Morgan fingerprint density at radius 2 is 1.76 bits per heavy atom. The SMILES string of the molecule is C.Nc1cnc(-c2c(F)cccc2F)nc1C(=O)Cc1cnccc1N1C[C@H](N)C[C@H](N)C1. The molecular formula is C23H27F2N7O. The Labute approximate surface area is 190 Å². The average Bonchev–Trinajstić information content (AvgIpc) is 2.74. The quantitative estimate of drug-likeness (QED) is 0.499. The molecule has 1 aliphatic rings. The normalized spacial score (nSPS) is 18.0. The molecule has 4 rings (SSSR count). The number of nitrogen functional groups attached to an aromatic ring is 1. The molecule has 0 amide bonds. The van der Waals surface area contributed by atoms with Gasteiger partial charge in [0.05, 0.1) is 17.4 Å². The number of benzene rings is 1. The molecule has 0 bridgehead atoms. The fourth-order valence-electron chi connectivity index (χ4n) is 3.94. The second-order valence-electron chi connectivity index (χ2n) is 7.86. The zero-order chi connectivity index (χ0) is 22.8. The van der Waals surface area contributed by atoms with Gasteiger partial charge < -0.3 is 22.1 Å². The first-order valence-electron chi connectivity index (χ1n) is 10.1. The molecule has 3 aromatic rings. The van der Waals surface area contributed by atoms with Crippen LogP contribution in [-0.4, -0.2) is 45.9 Å². The number of halogens is 2. The molecular weight excluding hydrogens is 428 g/mol. The lowest BCUT2D eigenvalue weighted by molar-refractivity contribution is 0.0989. The van der Waals surface area contributed by atoms with Gasteiger partial charge in [-0.05, 0) is 24.6 Å². The van der Waals surface area contributed by atoms with E-state index in [0.29, 0.717) is 18.7 Å². The molecule has 1 fully saturated rings. The molecule has 1 aliphatic heterocycles. The van der Waals surface area contributed by atoms with Crippen molar-refractivity contribution in [2.24, 2.45) is 11.5 Å². The first kappa shape index (κ1) is 24.1. The summed E-state index contributed by atoms with van der Waals surface area (Å²) in [6, 6.07) is 5.07. The van der Waals surface area contributed by atoms with Crippen LogP contribution >= 0.6 is 0 Å². The summed E-state index contributed by atoms with van der Waals surface area (Å²) in [6.07, 6.45) is 5.06. The number of ketones is 1. The van der Waals surface area contributed by atoms with E-state index in [1.807, 2.05) is 4.90 Å². The van der Waals surface area contributed by atoms with Gasteiger partial charge in [0.1, 0.15) is 17.3 Å². The molecule has 0 spiro atoms. The fourth-order valence-corrected chi connectivity index (χ4v) is 3.94. The number of nitrogens with two attached hydrogens (primary N) is 3. The van der Waals surface area contributed by atoms with E-state index >= 15 is 0 Å². The van der Waals surface area contributed by atoms with Crippen LogP contribution < -0.4 is 22.1 Å². The first-order chi connectivity index (χ1) is 15.3. The predicted octanol–water partition coefficient (Wildman–Crippen LogP) is 2.33. The number of rotatable bonds is 5. The molecule has 6 N–H and O–H groups in total. The Hall–Kier alpha value is -3.50. The van der Waals surface area contributed by atoms with Crippen LogP contribution in [0.4, 0.5) is 20.2 Å². The third-order valence-electron chi connectivity index (χ3n) is 5.35. The summed E-state index contributed by atoms with van der Waals surface area (Å²) in [4.78, 5) is 27.3. The standard InChI is InChI=1S/C22H23F2N7O.CH4/c23-15-2-1-3-16(24)20(15)22-29-9-17(27)21(30-22)19(32)6-12-8-28-5-4-18(12)31-10-13(25)7-14(26)11-31;/h1-5,8-9,13-14H,6-7,10-11,25-27H2;1H4/t13-,14+;. The maximum Gasteiger partial charge on any atom is 0.187 e. The monoisotopic (exact) mass is 455 g/mol. The van der Waals surface area contributed by atoms with Crippen LogP contribution in [0.5, 0.6) is 0 Å². The number of piperidine rings is 1. The Kier molecular flexibility index (Phi) is 7.29. The van der Waals surface area contributed by atoms with Gasteiger partial charge in [-0.25, -0.2) is 18.7 Å². The highest BCUT2D eigenvalue weighted by Crippen LogP contribution is 2.27. The maximum absolute atomic E-state index is 14.2. The number of pyridine rings is 1. The van der Waals surface area contributed by atoms with Crippen LogP contribution in [-0.2, 0) is 6.42 Å². The van der Waals surface area contributed by atoms with Crippen molar-refractivity contribution in [3.63, 3.8) is 0 Å². The van der Waals surface area contributed by atoms with Crippen molar-refractivity contribution in [3.8, 4) is 11.4 Å². The highest BCUT2D eigenvalue weighted by atomic mass is 19.1. The van der Waals surface area contributed by atoms with Gasteiger partial charge in [0.15, 0.2) is 11.6 Å². The second kappa shape index (κ2) is 9.97. The molecule has 0 saturated carbocycles. The van der Waals surface area contributed by atoms with Crippen molar-refractivity contribution in [1.29, 1.82) is 0 Å². The van der Waals surface area contributed by atoms with E-state index in [4.69, 9.17) is 17.2 Å². The molecule has 2 atom stereocenters. The van der Waals surface area contributed by atoms with Crippen LogP contribution in [0.1, 0.15) is 29.9 Å². The lowest BCUT2D eigenvalue weighted by Crippen LogP contribution is -2.52. The Morgan fingerprint density at radius 1 is 1.09 bits per heavy atom. The van der Waals surface area contributed by atoms with Crippen molar-refractivity contribution in [3.05, 3.63) is 65.7 Å². The van der Waals surface area contributed by atoms with Crippen LogP contribution in [0.25, 0.3) is 11.4 Å². The van der Waals surface area contributed by atoms with Gasteiger partial charge >= 0.3 is 0 Å². The zero-order valence-electron chi connectivity index (χ0n) is 17.2. The summed E-state index contributed by atoms with van der Waals surface area (Å²) in [5.74, 6) is -2.35. The summed E-state index contributed by atoms with van der Waals surface area (Å²) >= 11 is 0. The number of nitrogens with zero attached hydrogens (tertiary/aromatic N) is 4. The molecule has 174 valence electrons. The zero-order valence-corrected chi connectivity index (χ0v) is 17.2.